The Kier molecular flexibility index (Phi) is 3.29. The summed E-state index contributed by atoms with van der Waals surface area (Å²) in [5, 5.41) is 0. The second kappa shape index (κ2) is 4.06. The van der Waals surface area contributed by atoms with Gasteiger partial charge in [0, 0.05) is 10.5 Å². The van der Waals surface area contributed by atoms with Gasteiger partial charge in [0.05, 0.1) is 0 Å². The predicted octanol–water partition coefficient (Wildman–Crippen LogP) is 2.65. The molecule has 0 unspecified atom stereocenters. The summed E-state index contributed by atoms with van der Waals surface area (Å²) in [5.74, 6) is 0. The molecule has 1 rings (SSSR count). The van der Waals surface area contributed by atoms with Crippen LogP contribution in [0, 0.1) is 6.92 Å². The SMILES string of the molecule is Cc1cc(Br)ccc1C[C@@H](C)N. The van der Waals surface area contributed by atoms with Crippen molar-refractivity contribution >= 4 is 15.9 Å². The highest BCUT2D eigenvalue weighted by molar-refractivity contribution is 9.10. The van der Waals surface area contributed by atoms with Gasteiger partial charge >= 0.3 is 0 Å². The molecule has 1 atom stereocenters. The third-order valence-corrected chi connectivity index (χ3v) is 2.34. The molecule has 0 fully saturated rings. The van der Waals surface area contributed by atoms with Gasteiger partial charge in [-0.25, -0.2) is 0 Å². The standard InChI is InChI=1S/C10H14BrN/c1-7-5-10(11)4-3-9(7)6-8(2)12/h3-5,8H,6,12H2,1-2H3/t8-/m1/s1. The number of nitrogens with two attached hydrogens (primary N) is 1. The van der Waals surface area contributed by atoms with Crippen LogP contribution in [0.4, 0.5) is 0 Å². The van der Waals surface area contributed by atoms with Crippen LogP contribution < -0.4 is 5.73 Å². The number of aryl methyl sites for hydroxylation is 1. The molecule has 0 saturated carbocycles. The van der Waals surface area contributed by atoms with E-state index in [9.17, 15) is 0 Å². The lowest BCUT2D eigenvalue weighted by molar-refractivity contribution is 0.735. The van der Waals surface area contributed by atoms with Crippen molar-refractivity contribution in [3.05, 3.63) is 33.8 Å². The molecule has 2 N–H and O–H groups in total. The minimum atomic E-state index is 0.241. The molecule has 2 heteroatoms. The van der Waals surface area contributed by atoms with Gasteiger partial charge in [-0.1, -0.05) is 22.0 Å². The maximum atomic E-state index is 5.72. The molecule has 0 amide bonds. The zero-order valence-corrected chi connectivity index (χ0v) is 9.06. The van der Waals surface area contributed by atoms with Gasteiger partial charge < -0.3 is 5.73 Å². The molecular formula is C10H14BrN. The number of hydrogen-bond donors (Lipinski definition) is 1. The maximum Gasteiger partial charge on any atom is 0.0178 e. The van der Waals surface area contributed by atoms with Crippen molar-refractivity contribution in [2.75, 3.05) is 0 Å². The smallest absolute Gasteiger partial charge is 0.0178 e. The normalized spacial score (nSPS) is 13.0. The van der Waals surface area contributed by atoms with Crippen LogP contribution in [0.15, 0.2) is 22.7 Å². The number of benzene rings is 1. The van der Waals surface area contributed by atoms with Crippen molar-refractivity contribution in [2.24, 2.45) is 5.73 Å². The van der Waals surface area contributed by atoms with Crippen molar-refractivity contribution in [3.8, 4) is 0 Å². The first-order valence-corrected chi connectivity index (χ1v) is 4.89. The van der Waals surface area contributed by atoms with Gasteiger partial charge in [-0.05, 0) is 43.5 Å². The second-order valence-corrected chi connectivity index (χ2v) is 4.17. The zero-order valence-electron chi connectivity index (χ0n) is 7.47. The topological polar surface area (TPSA) is 26.0 Å². The van der Waals surface area contributed by atoms with E-state index in [1.807, 2.05) is 6.92 Å². The largest absolute Gasteiger partial charge is 0.328 e. The third-order valence-electron chi connectivity index (χ3n) is 1.85. The maximum absolute atomic E-state index is 5.72. The molecule has 0 aliphatic heterocycles. The fourth-order valence-electron chi connectivity index (χ4n) is 1.24. The molecule has 0 radical (unpaired) electrons. The Balaban J connectivity index is 2.86. The molecule has 0 aliphatic rings. The summed E-state index contributed by atoms with van der Waals surface area (Å²) < 4.78 is 1.13. The molecule has 66 valence electrons. The summed E-state index contributed by atoms with van der Waals surface area (Å²) >= 11 is 3.43. The van der Waals surface area contributed by atoms with Gasteiger partial charge in [-0.2, -0.15) is 0 Å². The lowest BCUT2D eigenvalue weighted by Gasteiger charge is -2.08. The van der Waals surface area contributed by atoms with Gasteiger partial charge in [0.25, 0.3) is 0 Å². The predicted molar refractivity (Wildman–Crippen MR) is 56.2 cm³/mol. The van der Waals surface area contributed by atoms with Gasteiger partial charge in [0.1, 0.15) is 0 Å². The first-order valence-electron chi connectivity index (χ1n) is 4.10. The van der Waals surface area contributed by atoms with E-state index >= 15 is 0 Å². The lowest BCUT2D eigenvalue weighted by Crippen LogP contribution is -2.18. The third kappa shape index (κ3) is 2.61. The highest BCUT2D eigenvalue weighted by Crippen LogP contribution is 2.16. The molecular weight excluding hydrogens is 214 g/mol. The van der Waals surface area contributed by atoms with Crippen LogP contribution in [-0.4, -0.2) is 6.04 Å². The first kappa shape index (κ1) is 9.75. The summed E-state index contributed by atoms with van der Waals surface area (Å²) in [7, 11) is 0. The quantitative estimate of drug-likeness (QED) is 0.827. The van der Waals surface area contributed by atoms with E-state index in [0.29, 0.717) is 0 Å². The van der Waals surface area contributed by atoms with E-state index in [2.05, 4.69) is 41.1 Å². The van der Waals surface area contributed by atoms with E-state index in [-0.39, 0.29) is 6.04 Å². The summed E-state index contributed by atoms with van der Waals surface area (Å²) in [6, 6.07) is 6.55. The van der Waals surface area contributed by atoms with Gasteiger partial charge in [0.15, 0.2) is 0 Å². The summed E-state index contributed by atoms with van der Waals surface area (Å²) in [4.78, 5) is 0. The first-order chi connectivity index (χ1) is 5.59. The minimum Gasteiger partial charge on any atom is -0.328 e. The number of rotatable bonds is 2. The van der Waals surface area contributed by atoms with Crippen LogP contribution in [0.5, 0.6) is 0 Å². The average molecular weight is 228 g/mol. The van der Waals surface area contributed by atoms with E-state index in [0.717, 1.165) is 10.9 Å². The van der Waals surface area contributed by atoms with Crippen LogP contribution in [0.1, 0.15) is 18.1 Å². The Hall–Kier alpha value is -0.340. The Morgan fingerprint density at radius 2 is 2.17 bits per heavy atom. The van der Waals surface area contributed by atoms with E-state index in [1.165, 1.54) is 11.1 Å². The highest BCUT2D eigenvalue weighted by Gasteiger charge is 2.01. The Morgan fingerprint density at radius 3 is 2.67 bits per heavy atom. The fraction of sp³-hybridized carbons (Fsp3) is 0.400. The molecule has 1 aromatic rings. The number of halogens is 1. The summed E-state index contributed by atoms with van der Waals surface area (Å²) in [6.45, 7) is 4.14. The number of hydrogen-bond acceptors (Lipinski definition) is 1. The lowest BCUT2D eigenvalue weighted by atomic mass is 10.0. The van der Waals surface area contributed by atoms with Crippen LogP contribution in [0.2, 0.25) is 0 Å². The molecule has 1 nitrogen and oxygen atoms in total. The zero-order chi connectivity index (χ0) is 9.14. The van der Waals surface area contributed by atoms with Crippen molar-refractivity contribution in [1.82, 2.24) is 0 Å². The van der Waals surface area contributed by atoms with Crippen LogP contribution >= 0.6 is 15.9 Å². The Morgan fingerprint density at radius 1 is 1.50 bits per heavy atom. The van der Waals surface area contributed by atoms with Crippen LogP contribution in [-0.2, 0) is 6.42 Å². The molecule has 0 heterocycles. The molecule has 0 bridgehead atoms. The molecule has 1 aromatic carbocycles. The van der Waals surface area contributed by atoms with Crippen molar-refractivity contribution < 1.29 is 0 Å². The van der Waals surface area contributed by atoms with Crippen molar-refractivity contribution in [3.63, 3.8) is 0 Å². The van der Waals surface area contributed by atoms with Gasteiger partial charge in [-0.3, -0.25) is 0 Å². The van der Waals surface area contributed by atoms with Crippen molar-refractivity contribution in [2.45, 2.75) is 26.3 Å². The van der Waals surface area contributed by atoms with E-state index in [4.69, 9.17) is 5.73 Å². The Labute approximate surface area is 82.1 Å². The molecule has 0 aliphatic carbocycles. The van der Waals surface area contributed by atoms with Crippen LogP contribution in [0.25, 0.3) is 0 Å². The van der Waals surface area contributed by atoms with Gasteiger partial charge in [-0.15, -0.1) is 0 Å². The summed E-state index contributed by atoms with van der Waals surface area (Å²) in [6.07, 6.45) is 0.957. The fourth-order valence-corrected chi connectivity index (χ4v) is 1.71. The Bertz CT molecular complexity index is 269. The molecule has 0 saturated heterocycles. The second-order valence-electron chi connectivity index (χ2n) is 3.25. The van der Waals surface area contributed by atoms with Crippen molar-refractivity contribution in [1.29, 1.82) is 0 Å². The minimum absolute atomic E-state index is 0.241. The highest BCUT2D eigenvalue weighted by atomic mass is 79.9. The molecule has 0 spiro atoms. The van der Waals surface area contributed by atoms with Crippen LogP contribution in [0.3, 0.4) is 0 Å². The van der Waals surface area contributed by atoms with Gasteiger partial charge in [0.2, 0.25) is 0 Å². The van der Waals surface area contributed by atoms with E-state index in [1.54, 1.807) is 0 Å². The monoisotopic (exact) mass is 227 g/mol. The average Bonchev–Trinajstić information content (AvgIpc) is 1.94. The molecule has 12 heavy (non-hydrogen) atoms. The van der Waals surface area contributed by atoms with E-state index < -0.39 is 0 Å². The summed E-state index contributed by atoms with van der Waals surface area (Å²) in [5.41, 5.74) is 8.37. The molecule has 0 aromatic heterocycles.